The second kappa shape index (κ2) is 12.6. The third-order valence-electron chi connectivity index (χ3n) is 0.847. The molecule has 0 atom stereocenters. The van der Waals surface area contributed by atoms with Crippen molar-refractivity contribution in [2.24, 2.45) is 0 Å². The van der Waals surface area contributed by atoms with Gasteiger partial charge in [0.1, 0.15) is 21.6 Å². The van der Waals surface area contributed by atoms with Crippen molar-refractivity contribution in [2.45, 2.75) is 9.67 Å². The first-order valence-corrected chi connectivity index (χ1v) is 9.32. The number of hydrogen-bond donors (Lipinski definition) is 0. The maximum atomic E-state index is 5.46. The topological polar surface area (TPSA) is 18.5 Å². The highest BCUT2D eigenvalue weighted by Gasteiger charge is 2.00. The summed E-state index contributed by atoms with van der Waals surface area (Å²) in [6.45, 7) is 0.691. The van der Waals surface area contributed by atoms with Crippen LogP contribution in [0.1, 0.15) is 0 Å². The zero-order chi connectivity index (χ0) is 11.5. The fraction of sp³-hybridized carbons (Fsp3) is 1.00. The molecule has 0 heterocycles. The lowest BCUT2D eigenvalue weighted by molar-refractivity contribution is 0.196. The van der Waals surface area contributed by atoms with Crippen molar-refractivity contribution < 1.29 is 9.47 Å². The van der Waals surface area contributed by atoms with Crippen LogP contribution in [-0.4, -0.2) is 34.8 Å². The Hall–Kier alpha value is 2.13. The lowest BCUT2D eigenvalue weighted by atomic mass is 10.9. The highest BCUT2D eigenvalue weighted by atomic mass is 35.5. The Labute approximate surface area is 121 Å². The molecule has 0 fully saturated rings. The molecule has 9 heteroatoms. The molecule has 0 aliphatic carbocycles. The smallest absolute Gasteiger partial charge is 0.131 e. The molecule has 2 nitrogen and oxygen atoms in total. The Balaban J connectivity index is 2.93. The lowest BCUT2D eigenvalue weighted by Crippen LogP contribution is -2.01. The molecule has 0 saturated heterocycles. The standard InChI is InChI=1S/C6H10Cl4O2S3/c7-5(8)1-11-3-13-15-14-4-12-2-6(9)10/h5-6H,1-4H2. The van der Waals surface area contributed by atoms with Gasteiger partial charge in [0.25, 0.3) is 0 Å². The average Bonchev–Trinajstić information content (AvgIpc) is 2.14. The van der Waals surface area contributed by atoms with Crippen molar-refractivity contribution in [3.63, 3.8) is 0 Å². The van der Waals surface area contributed by atoms with Crippen LogP contribution in [0, 0.1) is 0 Å². The van der Waals surface area contributed by atoms with Gasteiger partial charge in [0, 0.05) is 0 Å². The number of hydrogen-bond acceptors (Lipinski definition) is 5. The van der Waals surface area contributed by atoms with Crippen LogP contribution in [0.2, 0.25) is 0 Å². The summed E-state index contributed by atoms with van der Waals surface area (Å²) in [4.78, 5) is -0.924. The second-order valence-corrected chi connectivity index (χ2v) is 8.74. The highest BCUT2D eigenvalue weighted by Crippen LogP contribution is 2.34. The molecule has 0 spiro atoms. The zero-order valence-corrected chi connectivity index (χ0v) is 13.0. The molecule has 0 N–H and O–H groups in total. The van der Waals surface area contributed by atoms with E-state index in [0.717, 1.165) is 0 Å². The maximum Gasteiger partial charge on any atom is 0.131 e. The van der Waals surface area contributed by atoms with Crippen molar-refractivity contribution in [3.05, 3.63) is 0 Å². The van der Waals surface area contributed by atoms with E-state index in [9.17, 15) is 0 Å². The highest BCUT2D eigenvalue weighted by molar-refractivity contribution is 9.09. The van der Waals surface area contributed by atoms with E-state index in [4.69, 9.17) is 55.9 Å². The Bertz CT molecular complexity index is 128. The summed E-state index contributed by atoms with van der Waals surface area (Å²) in [6.07, 6.45) is 0. The van der Waals surface area contributed by atoms with E-state index in [1.807, 2.05) is 0 Å². The van der Waals surface area contributed by atoms with Crippen molar-refractivity contribution in [2.75, 3.05) is 25.1 Å². The summed E-state index contributed by atoms with van der Waals surface area (Å²) in [5.74, 6) is 1.09. The van der Waals surface area contributed by atoms with E-state index in [2.05, 4.69) is 0 Å². The molecular weight excluding hydrogens is 342 g/mol. The Morgan fingerprint density at radius 2 is 1.20 bits per heavy atom. The summed E-state index contributed by atoms with van der Waals surface area (Å²) in [6, 6.07) is 0. The minimum Gasteiger partial charge on any atom is -0.367 e. The fourth-order valence-corrected chi connectivity index (χ4v) is 3.41. The van der Waals surface area contributed by atoms with Crippen LogP contribution < -0.4 is 0 Å². The molecule has 0 aromatic rings. The first kappa shape index (κ1) is 17.1. The first-order chi connectivity index (χ1) is 7.13. The minimum atomic E-state index is -0.462. The van der Waals surface area contributed by atoms with E-state index < -0.39 is 9.67 Å². The van der Waals surface area contributed by atoms with Gasteiger partial charge in [0.15, 0.2) is 0 Å². The van der Waals surface area contributed by atoms with Crippen molar-refractivity contribution in [1.29, 1.82) is 0 Å². The molecule has 0 aromatic heterocycles. The van der Waals surface area contributed by atoms with Crippen LogP contribution >= 0.6 is 77.8 Å². The molecular formula is C6H10Cl4O2S3. The van der Waals surface area contributed by atoms with Gasteiger partial charge in [-0.05, 0) is 9.83 Å². The maximum absolute atomic E-state index is 5.46. The molecule has 0 aromatic carbocycles. The number of alkyl halides is 4. The van der Waals surface area contributed by atoms with Crippen LogP contribution in [0.15, 0.2) is 0 Å². The predicted molar refractivity (Wildman–Crippen MR) is 75.4 cm³/mol. The van der Waals surface area contributed by atoms with Gasteiger partial charge in [-0.2, -0.15) is 0 Å². The summed E-state index contributed by atoms with van der Waals surface area (Å²) < 4.78 is 10.2. The summed E-state index contributed by atoms with van der Waals surface area (Å²) in [5.41, 5.74) is 0. The SMILES string of the molecule is ClC(Cl)COCSSSCOCC(Cl)Cl. The zero-order valence-electron chi connectivity index (χ0n) is 7.54. The number of halogens is 4. The van der Waals surface area contributed by atoms with Crippen LogP contribution in [0.5, 0.6) is 0 Å². The molecule has 0 rings (SSSR count). The average molecular weight is 352 g/mol. The first-order valence-electron chi connectivity index (χ1n) is 3.75. The van der Waals surface area contributed by atoms with Gasteiger partial charge >= 0.3 is 0 Å². The van der Waals surface area contributed by atoms with Crippen LogP contribution in [0.3, 0.4) is 0 Å². The Morgan fingerprint density at radius 1 is 0.800 bits per heavy atom. The molecule has 0 radical (unpaired) electrons. The largest absolute Gasteiger partial charge is 0.367 e. The molecule has 0 saturated carbocycles. The summed E-state index contributed by atoms with van der Waals surface area (Å²) >= 11 is 21.9. The predicted octanol–water partition coefficient (Wildman–Crippen LogP) is 4.57. The van der Waals surface area contributed by atoms with Gasteiger partial charge in [-0.1, -0.05) is 21.6 Å². The second-order valence-electron chi connectivity index (χ2n) is 2.06. The molecule has 0 aliphatic rings. The number of rotatable bonds is 10. The van der Waals surface area contributed by atoms with Crippen LogP contribution in [0.4, 0.5) is 0 Å². The van der Waals surface area contributed by atoms with E-state index >= 15 is 0 Å². The van der Waals surface area contributed by atoms with E-state index in [0.29, 0.717) is 25.1 Å². The van der Waals surface area contributed by atoms with E-state index in [1.54, 1.807) is 31.4 Å². The normalized spacial score (nSPS) is 11.6. The summed E-state index contributed by atoms with van der Waals surface area (Å²) in [7, 11) is 4.66. The fourth-order valence-electron chi connectivity index (χ4n) is 0.416. The van der Waals surface area contributed by atoms with Crippen molar-refractivity contribution in [1.82, 2.24) is 0 Å². The number of ether oxygens (including phenoxy) is 2. The molecule has 0 unspecified atom stereocenters. The van der Waals surface area contributed by atoms with Gasteiger partial charge in [0.2, 0.25) is 0 Å². The third kappa shape index (κ3) is 16.1. The van der Waals surface area contributed by atoms with Crippen molar-refractivity contribution >= 4 is 77.8 Å². The van der Waals surface area contributed by atoms with Gasteiger partial charge in [-0.25, -0.2) is 0 Å². The lowest BCUT2D eigenvalue weighted by Gasteiger charge is -2.04. The third-order valence-corrected chi connectivity index (χ3v) is 4.96. The summed E-state index contributed by atoms with van der Waals surface area (Å²) in [5, 5.41) is 0. The molecule has 92 valence electrons. The van der Waals surface area contributed by atoms with Gasteiger partial charge in [-0.15, -0.1) is 46.4 Å². The van der Waals surface area contributed by atoms with Crippen LogP contribution in [0.25, 0.3) is 0 Å². The van der Waals surface area contributed by atoms with Gasteiger partial charge in [-0.3, -0.25) is 0 Å². The van der Waals surface area contributed by atoms with Gasteiger partial charge < -0.3 is 9.47 Å². The monoisotopic (exact) mass is 350 g/mol. The Morgan fingerprint density at radius 3 is 1.53 bits per heavy atom. The molecule has 15 heavy (non-hydrogen) atoms. The molecule has 0 amide bonds. The van der Waals surface area contributed by atoms with Crippen LogP contribution in [-0.2, 0) is 9.47 Å². The van der Waals surface area contributed by atoms with Gasteiger partial charge in [0.05, 0.1) is 13.2 Å². The van der Waals surface area contributed by atoms with E-state index in [-0.39, 0.29) is 0 Å². The molecule has 0 aliphatic heterocycles. The van der Waals surface area contributed by atoms with Crippen molar-refractivity contribution in [3.8, 4) is 0 Å². The quantitative estimate of drug-likeness (QED) is 0.247. The minimum absolute atomic E-state index is 0.345. The van der Waals surface area contributed by atoms with E-state index in [1.165, 1.54) is 0 Å². The Kier molecular flexibility index (Phi) is 14.4. The molecule has 0 bridgehead atoms.